The molecule has 110 valence electrons. The zero-order valence-electron chi connectivity index (χ0n) is 12.2. The molecule has 0 aliphatic rings. The highest BCUT2D eigenvalue weighted by Crippen LogP contribution is 2.28. The molecule has 0 amide bonds. The largest absolute Gasteiger partial charge is 0.462 e. The quantitative estimate of drug-likeness (QED) is 0.652. The summed E-state index contributed by atoms with van der Waals surface area (Å²) in [6.45, 7) is 4.06. The summed E-state index contributed by atoms with van der Waals surface area (Å²) in [5.74, 6) is -0.388. The number of nitrogens with one attached hydrogen (secondary N) is 1. The minimum Gasteiger partial charge on any atom is -0.462 e. The first-order chi connectivity index (χ1) is 10.1. The first-order valence-corrected chi connectivity index (χ1v) is 6.86. The van der Waals surface area contributed by atoms with Crippen molar-refractivity contribution in [3.8, 4) is 0 Å². The van der Waals surface area contributed by atoms with Gasteiger partial charge in [-0.25, -0.2) is 4.79 Å². The lowest BCUT2D eigenvalue weighted by Crippen LogP contribution is -2.15. The van der Waals surface area contributed by atoms with Crippen LogP contribution in [0.5, 0.6) is 0 Å². The van der Waals surface area contributed by atoms with E-state index in [9.17, 15) is 4.79 Å². The van der Waals surface area contributed by atoms with Crippen LogP contribution >= 0.6 is 0 Å². The number of pyridine rings is 1. The summed E-state index contributed by atoms with van der Waals surface area (Å²) < 4.78 is 5.06. The van der Waals surface area contributed by atoms with Crippen molar-refractivity contribution in [2.45, 2.75) is 19.9 Å². The maximum atomic E-state index is 12.0. The number of ether oxygens (including phenoxy) is 1. The molecule has 1 aromatic carbocycles. The number of aromatic nitrogens is 1. The Bertz CT molecular complexity index is 614. The molecule has 1 atom stereocenters. The summed E-state index contributed by atoms with van der Waals surface area (Å²) in [5.41, 5.74) is 8.37. The minimum absolute atomic E-state index is 0.0796. The third-order valence-corrected chi connectivity index (χ3v) is 3.08. The van der Waals surface area contributed by atoms with Gasteiger partial charge < -0.3 is 15.8 Å². The smallest absolute Gasteiger partial charge is 0.340 e. The fourth-order valence-corrected chi connectivity index (χ4v) is 2.03. The third-order valence-electron chi connectivity index (χ3n) is 3.08. The Morgan fingerprint density at radius 2 is 2.14 bits per heavy atom. The van der Waals surface area contributed by atoms with Crippen LogP contribution in [0.25, 0.3) is 0 Å². The number of nitrogens with two attached hydrogens (primary N) is 1. The molecule has 1 heterocycles. The lowest BCUT2D eigenvalue weighted by atomic mass is 10.1. The molecular formula is C16H19N3O2. The Morgan fingerprint density at radius 3 is 2.81 bits per heavy atom. The van der Waals surface area contributed by atoms with E-state index in [1.165, 1.54) is 0 Å². The standard InChI is InChI=1S/C16H19N3O2/c1-3-21-16(20)12-7-6-8-13(17)15(12)19-11(2)14-9-4-5-10-18-14/h4-11,19H,3,17H2,1-2H3. The summed E-state index contributed by atoms with van der Waals surface area (Å²) in [5, 5.41) is 3.25. The van der Waals surface area contributed by atoms with Gasteiger partial charge >= 0.3 is 5.97 Å². The van der Waals surface area contributed by atoms with Gasteiger partial charge in [-0.2, -0.15) is 0 Å². The SMILES string of the molecule is CCOC(=O)c1cccc(N)c1NC(C)c1ccccn1. The first-order valence-electron chi connectivity index (χ1n) is 6.86. The summed E-state index contributed by atoms with van der Waals surface area (Å²) >= 11 is 0. The van der Waals surface area contributed by atoms with Gasteiger partial charge in [-0.05, 0) is 38.1 Å². The second-order valence-electron chi connectivity index (χ2n) is 4.61. The average Bonchev–Trinajstić information content (AvgIpc) is 2.50. The summed E-state index contributed by atoms with van der Waals surface area (Å²) in [6, 6.07) is 10.8. The van der Waals surface area contributed by atoms with Crippen molar-refractivity contribution in [3.63, 3.8) is 0 Å². The Kier molecular flexibility index (Phi) is 4.77. The van der Waals surface area contributed by atoms with Crippen LogP contribution in [0.4, 0.5) is 11.4 Å². The highest BCUT2D eigenvalue weighted by Gasteiger charge is 2.17. The van der Waals surface area contributed by atoms with Crippen LogP contribution in [-0.2, 0) is 4.74 Å². The average molecular weight is 285 g/mol. The lowest BCUT2D eigenvalue weighted by molar-refractivity contribution is 0.0527. The van der Waals surface area contributed by atoms with Gasteiger partial charge in [-0.3, -0.25) is 4.98 Å². The van der Waals surface area contributed by atoms with Crippen LogP contribution in [0.15, 0.2) is 42.6 Å². The second-order valence-corrected chi connectivity index (χ2v) is 4.61. The molecule has 0 aliphatic carbocycles. The number of rotatable bonds is 5. The van der Waals surface area contributed by atoms with Gasteiger partial charge in [0.05, 0.1) is 35.3 Å². The number of benzene rings is 1. The maximum Gasteiger partial charge on any atom is 0.340 e. The van der Waals surface area contributed by atoms with Crippen LogP contribution in [0.2, 0.25) is 0 Å². The number of nitrogen functional groups attached to an aromatic ring is 1. The molecule has 0 bridgehead atoms. The molecular weight excluding hydrogens is 266 g/mol. The van der Waals surface area contributed by atoms with Crippen molar-refractivity contribution in [2.24, 2.45) is 0 Å². The minimum atomic E-state index is -0.388. The van der Waals surface area contributed by atoms with Crippen LogP contribution in [-0.4, -0.2) is 17.6 Å². The van der Waals surface area contributed by atoms with Gasteiger partial charge in [0.15, 0.2) is 0 Å². The number of anilines is 2. The molecule has 3 N–H and O–H groups in total. The number of esters is 1. The van der Waals surface area contributed by atoms with Crippen molar-refractivity contribution in [1.29, 1.82) is 0 Å². The van der Waals surface area contributed by atoms with Crippen molar-refractivity contribution in [2.75, 3.05) is 17.7 Å². The van der Waals surface area contributed by atoms with Crippen molar-refractivity contribution >= 4 is 17.3 Å². The van der Waals surface area contributed by atoms with Gasteiger partial charge in [-0.1, -0.05) is 12.1 Å². The van der Waals surface area contributed by atoms with Gasteiger partial charge in [0, 0.05) is 6.20 Å². The van der Waals surface area contributed by atoms with E-state index >= 15 is 0 Å². The molecule has 2 rings (SSSR count). The molecule has 0 aliphatic heterocycles. The molecule has 0 spiro atoms. The normalized spacial score (nSPS) is 11.7. The predicted octanol–water partition coefficient (Wildman–Crippen LogP) is 3.01. The van der Waals surface area contributed by atoms with Crippen LogP contribution < -0.4 is 11.1 Å². The number of para-hydroxylation sites is 1. The maximum absolute atomic E-state index is 12.0. The Labute approximate surface area is 124 Å². The Balaban J connectivity index is 2.29. The van der Waals surface area contributed by atoms with Crippen molar-refractivity contribution in [1.82, 2.24) is 4.98 Å². The van der Waals surface area contributed by atoms with E-state index in [4.69, 9.17) is 10.5 Å². The van der Waals surface area contributed by atoms with E-state index in [0.29, 0.717) is 23.5 Å². The van der Waals surface area contributed by atoms with Crippen LogP contribution in [0, 0.1) is 0 Å². The number of hydrogen-bond donors (Lipinski definition) is 2. The van der Waals surface area contributed by atoms with Crippen LogP contribution in [0.3, 0.4) is 0 Å². The molecule has 1 aromatic heterocycles. The van der Waals surface area contributed by atoms with E-state index in [1.54, 1.807) is 31.3 Å². The second kappa shape index (κ2) is 6.74. The number of nitrogens with zero attached hydrogens (tertiary/aromatic N) is 1. The molecule has 0 saturated heterocycles. The van der Waals surface area contributed by atoms with Crippen molar-refractivity contribution < 1.29 is 9.53 Å². The Morgan fingerprint density at radius 1 is 1.33 bits per heavy atom. The van der Waals surface area contributed by atoms with E-state index in [-0.39, 0.29) is 12.0 Å². The monoisotopic (exact) mass is 285 g/mol. The predicted molar refractivity (Wildman–Crippen MR) is 83.1 cm³/mol. The van der Waals surface area contributed by atoms with Crippen molar-refractivity contribution in [3.05, 3.63) is 53.9 Å². The highest BCUT2D eigenvalue weighted by molar-refractivity contribution is 5.98. The van der Waals surface area contributed by atoms with Crippen LogP contribution in [0.1, 0.15) is 35.9 Å². The Hall–Kier alpha value is -2.56. The van der Waals surface area contributed by atoms with E-state index in [0.717, 1.165) is 5.69 Å². The molecule has 5 heteroatoms. The zero-order chi connectivity index (χ0) is 15.2. The molecule has 21 heavy (non-hydrogen) atoms. The van der Waals surface area contributed by atoms with Gasteiger partial charge in [-0.15, -0.1) is 0 Å². The van der Waals surface area contributed by atoms with E-state index in [2.05, 4.69) is 10.3 Å². The molecule has 0 saturated carbocycles. The number of carbonyl (C=O) groups is 1. The zero-order valence-corrected chi connectivity index (χ0v) is 12.2. The third kappa shape index (κ3) is 3.51. The van der Waals surface area contributed by atoms with E-state index in [1.807, 2.05) is 25.1 Å². The van der Waals surface area contributed by atoms with Gasteiger partial charge in [0.25, 0.3) is 0 Å². The first kappa shape index (κ1) is 14.8. The molecule has 5 nitrogen and oxygen atoms in total. The number of carbonyl (C=O) groups excluding carboxylic acids is 1. The number of hydrogen-bond acceptors (Lipinski definition) is 5. The molecule has 0 radical (unpaired) electrons. The summed E-state index contributed by atoms with van der Waals surface area (Å²) in [4.78, 5) is 16.3. The summed E-state index contributed by atoms with van der Waals surface area (Å²) in [7, 11) is 0. The summed E-state index contributed by atoms with van der Waals surface area (Å²) in [6.07, 6.45) is 1.73. The topological polar surface area (TPSA) is 77.2 Å². The van der Waals surface area contributed by atoms with Gasteiger partial charge in [0.1, 0.15) is 0 Å². The highest BCUT2D eigenvalue weighted by atomic mass is 16.5. The fourth-order valence-electron chi connectivity index (χ4n) is 2.03. The van der Waals surface area contributed by atoms with Gasteiger partial charge in [0.2, 0.25) is 0 Å². The molecule has 2 aromatic rings. The molecule has 0 fully saturated rings. The fraction of sp³-hybridized carbons (Fsp3) is 0.250. The molecule has 1 unspecified atom stereocenters. The van der Waals surface area contributed by atoms with E-state index < -0.39 is 0 Å². The lowest BCUT2D eigenvalue weighted by Gasteiger charge is -2.18.